The second kappa shape index (κ2) is 4.58. The molecule has 2 aliphatic heterocycles. The molecule has 0 spiro atoms. The Morgan fingerprint density at radius 3 is 2.74 bits per heavy atom. The highest BCUT2D eigenvalue weighted by molar-refractivity contribution is 7.89. The largest absolute Gasteiger partial charge is 0.312 e. The fraction of sp³-hybridized carbons (Fsp3) is 0.571. The van der Waals surface area contributed by atoms with Crippen molar-refractivity contribution in [2.24, 2.45) is 5.92 Å². The molecule has 1 N–H and O–H groups in total. The van der Waals surface area contributed by atoms with Crippen molar-refractivity contribution < 1.29 is 8.42 Å². The van der Waals surface area contributed by atoms with E-state index in [0.717, 1.165) is 24.1 Å². The molecule has 104 valence electrons. The van der Waals surface area contributed by atoms with Crippen LogP contribution in [0.5, 0.6) is 0 Å². The molecule has 0 saturated carbocycles. The minimum atomic E-state index is -3.33. The normalized spacial score (nSPS) is 27.7. The second-order valence-electron chi connectivity index (χ2n) is 5.70. The number of aryl methyl sites for hydroxylation is 2. The Balaban J connectivity index is 1.91. The van der Waals surface area contributed by atoms with Crippen LogP contribution in [0.1, 0.15) is 17.5 Å². The van der Waals surface area contributed by atoms with Crippen LogP contribution in [0, 0.1) is 19.8 Å². The summed E-state index contributed by atoms with van der Waals surface area (Å²) in [5.74, 6) is 0.487. The number of nitrogens with zero attached hydrogens (tertiary/aromatic N) is 1. The maximum absolute atomic E-state index is 12.7. The number of rotatable bonds is 2. The Kier molecular flexibility index (Phi) is 3.15. The summed E-state index contributed by atoms with van der Waals surface area (Å²) < 4.78 is 27.0. The van der Waals surface area contributed by atoms with Crippen molar-refractivity contribution in [1.82, 2.24) is 9.62 Å². The van der Waals surface area contributed by atoms with Crippen LogP contribution >= 0.6 is 0 Å². The lowest BCUT2D eigenvalue weighted by molar-refractivity contribution is 0.448. The zero-order valence-corrected chi connectivity index (χ0v) is 12.2. The van der Waals surface area contributed by atoms with Crippen molar-refractivity contribution in [2.45, 2.75) is 31.2 Å². The number of fused-ring (bicyclic) bond motifs is 1. The van der Waals surface area contributed by atoms with E-state index in [1.165, 1.54) is 0 Å². The standard InChI is InChI=1S/C14H20N2O2S/c1-10-3-4-14(11(2)7-10)19(17,18)16-8-12-5-6-15-13(12)9-16/h3-4,7,12-13,15H,5-6,8-9H2,1-2H3/t12-,13+/m0/s1. The van der Waals surface area contributed by atoms with Gasteiger partial charge in [0.25, 0.3) is 0 Å². The summed E-state index contributed by atoms with van der Waals surface area (Å²) >= 11 is 0. The molecule has 0 aliphatic carbocycles. The summed E-state index contributed by atoms with van der Waals surface area (Å²) in [4.78, 5) is 0.457. The Bertz CT molecular complexity index is 585. The van der Waals surface area contributed by atoms with E-state index >= 15 is 0 Å². The van der Waals surface area contributed by atoms with Gasteiger partial charge in [0, 0.05) is 19.1 Å². The molecule has 2 fully saturated rings. The Labute approximate surface area is 114 Å². The molecule has 0 radical (unpaired) electrons. The lowest BCUT2D eigenvalue weighted by Gasteiger charge is -2.19. The lowest BCUT2D eigenvalue weighted by atomic mass is 10.1. The third kappa shape index (κ3) is 2.20. The minimum Gasteiger partial charge on any atom is -0.312 e. The van der Waals surface area contributed by atoms with E-state index in [2.05, 4.69) is 5.32 Å². The van der Waals surface area contributed by atoms with Crippen molar-refractivity contribution in [3.63, 3.8) is 0 Å². The summed E-state index contributed by atoms with van der Waals surface area (Å²) in [5.41, 5.74) is 1.93. The van der Waals surface area contributed by atoms with Gasteiger partial charge in [0.2, 0.25) is 10.0 Å². The molecule has 1 aromatic carbocycles. The summed E-state index contributed by atoms with van der Waals surface area (Å²) in [6.45, 7) is 6.14. The highest BCUT2D eigenvalue weighted by Crippen LogP contribution is 2.30. The molecule has 0 bridgehead atoms. The molecule has 2 atom stereocenters. The number of benzene rings is 1. The first kappa shape index (κ1) is 13.1. The van der Waals surface area contributed by atoms with Crippen molar-refractivity contribution in [1.29, 1.82) is 0 Å². The van der Waals surface area contributed by atoms with Gasteiger partial charge in [0.1, 0.15) is 0 Å². The van der Waals surface area contributed by atoms with E-state index in [9.17, 15) is 8.42 Å². The first-order valence-corrected chi connectivity index (χ1v) is 8.23. The Hall–Kier alpha value is -0.910. The molecule has 2 saturated heterocycles. The first-order chi connectivity index (χ1) is 8.98. The highest BCUT2D eigenvalue weighted by atomic mass is 32.2. The van der Waals surface area contributed by atoms with E-state index < -0.39 is 10.0 Å². The Morgan fingerprint density at radius 2 is 2.05 bits per heavy atom. The minimum absolute atomic E-state index is 0.348. The summed E-state index contributed by atoms with van der Waals surface area (Å²) in [7, 11) is -3.33. The van der Waals surface area contributed by atoms with Crippen LogP contribution in [0.25, 0.3) is 0 Å². The molecule has 5 heteroatoms. The number of hydrogen-bond donors (Lipinski definition) is 1. The number of hydrogen-bond acceptors (Lipinski definition) is 3. The van der Waals surface area contributed by atoms with Crippen molar-refractivity contribution in [3.8, 4) is 0 Å². The maximum Gasteiger partial charge on any atom is 0.243 e. The monoisotopic (exact) mass is 280 g/mol. The molecule has 0 amide bonds. The fourth-order valence-electron chi connectivity index (χ4n) is 3.23. The zero-order valence-electron chi connectivity index (χ0n) is 11.4. The van der Waals surface area contributed by atoms with E-state index in [-0.39, 0.29) is 0 Å². The topological polar surface area (TPSA) is 49.4 Å². The van der Waals surface area contributed by atoms with Gasteiger partial charge in [-0.15, -0.1) is 0 Å². The van der Waals surface area contributed by atoms with Crippen LogP contribution in [0.15, 0.2) is 23.1 Å². The van der Waals surface area contributed by atoms with E-state index in [4.69, 9.17) is 0 Å². The van der Waals surface area contributed by atoms with Crippen LogP contribution < -0.4 is 5.32 Å². The average molecular weight is 280 g/mol. The van der Waals surface area contributed by atoms with Crippen molar-refractivity contribution in [2.75, 3.05) is 19.6 Å². The van der Waals surface area contributed by atoms with Crippen LogP contribution in [0.4, 0.5) is 0 Å². The molecule has 2 aliphatic rings. The smallest absolute Gasteiger partial charge is 0.243 e. The molecule has 2 heterocycles. The molecule has 19 heavy (non-hydrogen) atoms. The van der Waals surface area contributed by atoms with Crippen molar-refractivity contribution in [3.05, 3.63) is 29.3 Å². The molecular formula is C14H20N2O2S. The molecule has 3 rings (SSSR count). The first-order valence-electron chi connectivity index (χ1n) is 6.79. The van der Waals surface area contributed by atoms with Gasteiger partial charge in [0.15, 0.2) is 0 Å². The maximum atomic E-state index is 12.7. The molecular weight excluding hydrogens is 260 g/mol. The molecule has 0 aromatic heterocycles. The predicted octanol–water partition coefficient (Wildman–Crippen LogP) is 1.29. The van der Waals surface area contributed by atoms with E-state index in [1.807, 2.05) is 26.0 Å². The van der Waals surface area contributed by atoms with Crippen LogP contribution in [0.2, 0.25) is 0 Å². The van der Waals surface area contributed by atoms with Gasteiger partial charge in [-0.05, 0) is 44.4 Å². The third-order valence-electron chi connectivity index (χ3n) is 4.28. The van der Waals surface area contributed by atoms with Gasteiger partial charge in [-0.25, -0.2) is 8.42 Å². The zero-order chi connectivity index (χ0) is 13.6. The SMILES string of the molecule is Cc1ccc(S(=O)(=O)N2C[C@@H]3CCN[C@@H]3C2)c(C)c1. The molecule has 1 aromatic rings. The second-order valence-corrected chi connectivity index (χ2v) is 7.61. The van der Waals surface area contributed by atoms with Crippen LogP contribution in [0.3, 0.4) is 0 Å². The van der Waals surface area contributed by atoms with Gasteiger partial charge in [-0.3, -0.25) is 0 Å². The van der Waals surface area contributed by atoms with Gasteiger partial charge in [-0.1, -0.05) is 17.7 Å². The third-order valence-corrected chi connectivity index (χ3v) is 6.27. The number of sulfonamides is 1. The quantitative estimate of drug-likeness (QED) is 0.888. The van der Waals surface area contributed by atoms with Gasteiger partial charge in [0.05, 0.1) is 4.90 Å². The van der Waals surface area contributed by atoms with Gasteiger partial charge < -0.3 is 5.32 Å². The van der Waals surface area contributed by atoms with Gasteiger partial charge >= 0.3 is 0 Å². The summed E-state index contributed by atoms with van der Waals surface area (Å²) in [6.07, 6.45) is 1.09. The number of nitrogens with one attached hydrogen (secondary N) is 1. The summed E-state index contributed by atoms with van der Waals surface area (Å²) in [6, 6.07) is 5.89. The van der Waals surface area contributed by atoms with E-state index in [1.54, 1.807) is 10.4 Å². The highest BCUT2D eigenvalue weighted by Gasteiger charge is 2.41. The lowest BCUT2D eigenvalue weighted by Crippen LogP contribution is -2.34. The average Bonchev–Trinajstić information content (AvgIpc) is 2.87. The summed E-state index contributed by atoms with van der Waals surface area (Å²) in [5, 5.41) is 3.39. The predicted molar refractivity (Wildman–Crippen MR) is 74.6 cm³/mol. The van der Waals surface area contributed by atoms with E-state index in [0.29, 0.717) is 29.9 Å². The fourth-order valence-corrected chi connectivity index (χ4v) is 4.96. The molecule has 0 unspecified atom stereocenters. The van der Waals surface area contributed by atoms with Crippen LogP contribution in [-0.4, -0.2) is 38.4 Å². The van der Waals surface area contributed by atoms with Gasteiger partial charge in [-0.2, -0.15) is 4.31 Å². The molecule has 4 nitrogen and oxygen atoms in total. The van der Waals surface area contributed by atoms with Crippen molar-refractivity contribution >= 4 is 10.0 Å². The van der Waals surface area contributed by atoms with Crippen LogP contribution in [-0.2, 0) is 10.0 Å². The Morgan fingerprint density at radius 1 is 1.26 bits per heavy atom.